The van der Waals surface area contributed by atoms with Gasteiger partial charge in [-0.25, -0.2) is 12.8 Å². The fraction of sp³-hybridized carbons (Fsp3) is 0.381. The van der Waals surface area contributed by atoms with Gasteiger partial charge in [-0.15, -0.1) is 0 Å². The Labute approximate surface area is 248 Å². The van der Waals surface area contributed by atoms with Crippen LogP contribution in [0.5, 0.6) is 0 Å². The number of hydrogen-bond acceptors (Lipinski definition) is 8. The third-order valence-corrected chi connectivity index (χ3v) is 4.77. The molecule has 1 heterocycles. The molecule has 10 nitrogen and oxygen atoms in total. The molecule has 4 N–H and O–H groups in total. The van der Waals surface area contributed by atoms with E-state index < -0.39 is 40.4 Å². The summed E-state index contributed by atoms with van der Waals surface area (Å²) in [6.45, 7) is 3.64. The topological polar surface area (TPSA) is 186 Å². The molecule has 0 aliphatic carbocycles. The van der Waals surface area contributed by atoms with Crippen molar-refractivity contribution in [3.05, 3.63) is 52.1 Å². The van der Waals surface area contributed by atoms with Crippen molar-refractivity contribution < 1.29 is 97.5 Å². The van der Waals surface area contributed by atoms with E-state index in [4.69, 9.17) is 0 Å². The van der Waals surface area contributed by atoms with E-state index in [9.17, 15) is 32.9 Å². The fourth-order valence-electron chi connectivity index (χ4n) is 2.94. The van der Waals surface area contributed by atoms with E-state index in [-0.39, 0.29) is 88.6 Å². The number of hydrogen-bond donors (Lipinski definition) is 2. The molecule has 0 fully saturated rings. The van der Waals surface area contributed by atoms with Gasteiger partial charge in [-0.05, 0) is 34.9 Å². The summed E-state index contributed by atoms with van der Waals surface area (Å²) in [7, 11) is -3.79. The molecule has 0 amide bonds. The summed E-state index contributed by atoms with van der Waals surface area (Å²) in [6.07, 6.45) is 0.394. The zero-order valence-electron chi connectivity index (χ0n) is 20.3. The van der Waals surface area contributed by atoms with E-state index in [1.165, 1.54) is 36.4 Å². The zero-order valence-corrected chi connectivity index (χ0v) is 25.1. The van der Waals surface area contributed by atoms with Gasteiger partial charge in [0, 0.05) is 36.7 Å². The Morgan fingerprint density at radius 1 is 1.17 bits per heavy atom. The monoisotopic (exact) mass is 529 g/mol. The van der Waals surface area contributed by atoms with Crippen LogP contribution in [0.3, 0.4) is 0 Å². The van der Waals surface area contributed by atoms with Crippen molar-refractivity contribution in [3.63, 3.8) is 0 Å². The summed E-state index contributed by atoms with van der Waals surface area (Å²) in [4.78, 5) is 19.1. The summed E-state index contributed by atoms with van der Waals surface area (Å²) in [5.41, 5.74) is 1.60. The molecule has 1 aromatic heterocycles. The normalized spacial score (nSPS) is 12.8. The van der Waals surface area contributed by atoms with Crippen molar-refractivity contribution in [3.8, 4) is 11.3 Å². The number of carboxylic acids is 1. The van der Waals surface area contributed by atoms with Gasteiger partial charge in [-0.1, -0.05) is 38.1 Å². The van der Waals surface area contributed by atoms with Crippen molar-refractivity contribution in [2.75, 3.05) is 6.26 Å². The number of aliphatic hydroxyl groups excluding tert-OH is 2. The molecule has 0 bridgehead atoms. The molecule has 0 aliphatic rings. The summed E-state index contributed by atoms with van der Waals surface area (Å²) in [6, 6.07) is 5.36. The van der Waals surface area contributed by atoms with E-state index in [1.54, 1.807) is 0 Å². The number of halogens is 1. The second-order valence-electron chi connectivity index (χ2n) is 7.55. The molecule has 0 spiro atoms. The van der Waals surface area contributed by atoms with Crippen molar-refractivity contribution >= 4 is 28.0 Å². The van der Waals surface area contributed by atoms with Gasteiger partial charge in [0.25, 0.3) is 0 Å². The van der Waals surface area contributed by atoms with E-state index >= 15 is 0 Å². The second kappa shape index (κ2) is 16.0. The van der Waals surface area contributed by atoms with Gasteiger partial charge in [0.1, 0.15) is 5.82 Å². The van der Waals surface area contributed by atoms with Crippen molar-refractivity contribution in [1.29, 1.82) is 0 Å². The SMILES string of the molecule is CC(C)c1nc([N-]S(C)(=O)=O)nc(-c2ccc(F)cc2)c1/C=C/[C@@H](O)C[C@@H](O)CC(=O)[O-].O.[Na+].[Na+]. The van der Waals surface area contributed by atoms with Crippen LogP contribution in [0, 0.1) is 5.82 Å². The number of carboxylic acid groups (broad SMARTS) is 1. The molecule has 0 unspecified atom stereocenters. The number of aliphatic hydroxyl groups is 2. The molecule has 2 rings (SSSR count). The minimum Gasteiger partial charge on any atom is -0.550 e. The first kappa shape index (κ1) is 36.2. The van der Waals surface area contributed by atoms with Crippen LogP contribution in [0.1, 0.15) is 43.9 Å². The maximum Gasteiger partial charge on any atom is 1.00 e. The van der Waals surface area contributed by atoms with Gasteiger partial charge >= 0.3 is 59.1 Å². The molecular weight excluding hydrogens is 503 g/mol. The second-order valence-corrected chi connectivity index (χ2v) is 9.20. The first-order valence-electron chi connectivity index (χ1n) is 9.70. The average Bonchev–Trinajstić information content (AvgIpc) is 2.64. The molecule has 182 valence electrons. The summed E-state index contributed by atoms with van der Waals surface area (Å²) in [5.74, 6) is -2.39. The third kappa shape index (κ3) is 12.2. The molecule has 35 heavy (non-hydrogen) atoms. The fourth-order valence-corrected chi connectivity index (χ4v) is 3.31. The number of rotatable bonds is 10. The predicted octanol–water partition coefficient (Wildman–Crippen LogP) is -5.18. The molecule has 2 atom stereocenters. The molecule has 0 saturated carbocycles. The Balaban J connectivity index is 0. The predicted molar refractivity (Wildman–Crippen MR) is 118 cm³/mol. The largest absolute Gasteiger partial charge is 1.00 e. The van der Waals surface area contributed by atoms with Gasteiger partial charge in [0.2, 0.25) is 0 Å². The molecule has 2 aromatic rings. The Bertz CT molecular complexity index is 1100. The smallest absolute Gasteiger partial charge is 0.550 e. The van der Waals surface area contributed by atoms with Gasteiger partial charge in [0.15, 0.2) is 10.0 Å². The van der Waals surface area contributed by atoms with Crippen LogP contribution in [0.2, 0.25) is 0 Å². The van der Waals surface area contributed by atoms with Gasteiger partial charge < -0.3 is 35.6 Å². The number of nitrogens with zero attached hydrogens (tertiary/aromatic N) is 3. The van der Waals surface area contributed by atoms with E-state index in [0.29, 0.717) is 16.8 Å². The third-order valence-electron chi connectivity index (χ3n) is 4.28. The molecule has 0 radical (unpaired) electrons. The van der Waals surface area contributed by atoms with Crippen molar-refractivity contribution in [2.24, 2.45) is 0 Å². The summed E-state index contributed by atoms with van der Waals surface area (Å²) in [5, 5.41) is 30.5. The maximum atomic E-state index is 13.4. The minimum atomic E-state index is -3.79. The molecule has 1 aromatic carbocycles. The number of carbonyl (C=O) groups is 1. The Morgan fingerprint density at radius 2 is 1.74 bits per heavy atom. The van der Waals surface area contributed by atoms with Crippen molar-refractivity contribution in [2.45, 2.75) is 44.8 Å². The number of aromatic nitrogens is 2. The summed E-state index contributed by atoms with van der Waals surface area (Å²) >= 11 is 0. The molecule has 14 heteroatoms. The van der Waals surface area contributed by atoms with Crippen molar-refractivity contribution in [1.82, 2.24) is 9.97 Å². The molecule has 0 aliphatic heterocycles. The van der Waals surface area contributed by atoms with Crippen LogP contribution in [0.15, 0.2) is 30.3 Å². The van der Waals surface area contributed by atoms with Crippen LogP contribution in [0.25, 0.3) is 22.1 Å². The van der Waals surface area contributed by atoms with Gasteiger partial charge in [0.05, 0.1) is 12.2 Å². The first-order valence-corrected chi connectivity index (χ1v) is 11.6. The number of sulfonamides is 1. The number of aliphatic carboxylic acids is 1. The van der Waals surface area contributed by atoms with Crippen LogP contribution >= 0.6 is 0 Å². The molecular formula is C21H26FN3Na2O7S. The Hall–Kier alpha value is -0.930. The zero-order chi connectivity index (χ0) is 24.1. The summed E-state index contributed by atoms with van der Waals surface area (Å²) < 4.78 is 40.3. The van der Waals surface area contributed by atoms with E-state index in [0.717, 1.165) is 6.26 Å². The maximum absolute atomic E-state index is 13.4. The van der Waals surface area contributed by atoms with E-state index in [1.807, 2.05) is 13.8 Å². The Morgan fingerprint density at radius 3 is 2.23 bits per heavy atom. The molecule has 0 saturated heterocycles. The quantitative estimate of drug-likeness (QED) is 0.286. The van der Waals surface area contributed by atoms with E-state index in [2.05, 4.69) is 14.7 Å². The first-order chi connectivity index (χ1) is 14.9. The van der Waals surface area contributed by atoms with Gasteiger partial charge in [-0.2, -0.15) is 0 Å². The number of benzene rings is 1. The minimum absolute atomic E-state index is 0. The number of carbonyl (C=O) groups excluding carboxylic acids is 1. The van der Waals surface area contributed by atoms with Crippen LogP contribution < -0.4 is 64.2 Å². The Kier molecular flexibility index (Phi) is 16.6. The van der Waals surface area contributed by atoms with Crippen LogP contribution in [0.4, 0.5) is 10.3 Å². The van der Waals surface area contributed by atoms with Crippen LogP contribution in [-0.4, -0.2) is 58.5 Å². The standard InChI is InChI=1S/C21H26FN3O6S.2Na.H2O/c1-12(2)19-17(9-8-15(26)10-16(27)11-18(28)29)20(13-4-6-14(22)7-5-13)24-21(23-19)25-32(3,30)31;;;/h4-9,12,15-16,26-27H,10-11H2,1-3H3,(H2,23,24,25,28,29);;;1H2/q;2*+1;/p-2/b9-8+;;;/t15-,16-;;;/m1.../s1. The average molecular weight is 529 g/mol. The van der Waals surface area contributed by atoms with Gasteiger partial charge in [-0.3, -0.25) is 4.72 Å². The van der Waals surface area contributed by atoms with Crippen LogP contribution in [-0.2, 0) is 14.8 Å².